The van der Waals surface area contributed by atoms with Crippen molar-refractivity contribution in [2.45, 2.75) is 13.0 Å². The summed E-state index contributed by atoms with van der Waals surface area (Å²) in [5, 5.41) is 10.5. The van der Waals surface area contributed by atoms with Crippen molar-refractivity contribution < 1.29 is 23.8 Å². The molecule has 0 fully saturated rings. The monoisotopic (exact) mass is 411 g/mol. The van der Waals surface area contributed by atoms with E-state index < -0.39 is 5.97 Å². The second-order valence-electron chi connectivity index (χ2n) is 6.35. The molecule has 0 spiro atoms. The number of allylic oxidation sites excluding steroid dienone is 1. The van der Waals surface area contributed by atoms with Crippen LogP contribution < -0.4 is 20.5 Å². The first kappa shape index (κ1) is 22.5. The highest BCUT2D eigenvalue weighted by atomic mass is 16.5. The van der Waals surface area contributed by atoms with Crippen LogP contribution >= 0.6 is 0 Å². The van der Waals surface area contributed by atoms with E-state index in [4.69, 9.17) is 20.6 Å². The largest absolute Gasteiger partial charge is 0.497 e. The van der Waals surface area contributed by atoms with Crippen LogP contribution in [0, 0.1) is 5.41 Å². The van der Waals surface area contributed by atoms with Gasteiger partial charge in [-0.2, -0.15) is 0 Å². The number of carbonyl (C=O) groups excluding carboxylic acids is 2. The minimum atomic E-state index is -0.749. The zero-order chi connectivity index (χ0) is 22.3. The van der Waals surface area contributed by atoms with Gasteiger partial charge in [-0.15, -0.1) is 0 Å². The maximum atomic E-state index is 12.8. The minimum absolute atomic E-state index is 0.164. The first-order valence-corrected chi connectivity index (χ1v) is 9.08. The minimum Gasteiger partial charge on any atom is -0.497 e. The number of benzene rings is 2. The zero-order valence-corrected chi connectivity index (χ0v) is 17.3. The molecule has 4 N–H and O–H groups in total. The molecule has 0 aromatic heterocycles. The van der Waals surface area contributed by atoms with E-state index in [1.807, 2.05) is 31.2 Å². The summed E-state index contributed by atoms with van der Waals surface area (Å²) in [6.07, 6.45) is 0.950. The fourth-order valence-electron chi connectivity index (χ4n) is 2.85. The average Bonchev–Trinajstić information content (AvgIpc) is 2.78. The standard InChI is InChI=1S/C22H25N3O5/c1-13(14-6-5-7-16(10-14)28-2)25-21(26)17-9-8-15(11-19(17)29-3)18(12-23)20(24)22(27)30-4/h5-13,23H,24H2,1-4H3,(H,25,26)/t13-/m1/s1. The van der Waals surface area contributed by atoms with E-state index in [2.05, 4.69) is 10.1 Å². The third-order valence-electron chi connectivity index (χ3n) is 4.54. The van der Waals surface area contributed by atoms with Crippen LogP contribution in [0.4, 0.5) is 0 Å². The Labute approximate surface area is 175 Å². The van der Waals surface area contributed by atoms with Gasteiger partial charge in [0, 0.05) is 11.8 Å². The molecule has 1 atom stereocenters. The number of esters is 1. The van der Waals surface area contributed by atoms with Crippen molar-refractivity contribution in [3.63, 3.8) is 0 Å². The zero-order valence-electron chi connectivity index (χ0n) is 17.3. The summed E-state index contributed by atoms with van der Waals surface area (Å²) in [6, 6.07) is 11.8. The third-order valence-corrected chi connectivity index (χ3v) is 4.54. The maximum absolute atomic E-state index is 12.8. The van der Waals surface area contributed by atoms with Gasteiger partial charge in [-0.1, -0.05) is 18.2 Å². The van der Waals surface area contributed by atoms with Crippen molar-refractivity contribution in [3.05, 3.63) is 64.9 Å². The summed E-state index contributed by atoms with van der Waals surface area (Å²) in [5.41, 5.74) is 7.37. The molecule has 8 heteroatoms. The summed E-state index contributed by atoms with van der Waals surface area (Å²) in [6.45, 7) is 1.86. The molecule has 0 radical (unpaired) electrons. The number of hydrogen-bond acceptors (Lipinski definition) is 7. The van der Waals surface area contributed by atoms with Gasteiger partial charge >= 0.3 is 5.97 Å². The van der Waals surface area contributed by atoms with Gasteiger partial charge in [0.2, 0.25) is 0 Å². The Morgan fingerprint density at radius 3 is 2.43 bits per heavy atom. The van der Waals surface area contributed by atoms with Crippen LogP contribution in [-0.2, 0) is 9.53 Å². The Bertz CT molecular complexity index is 984. The third kappa shape index (κ3) is 4.96. The van der Waals surface area contributed by atoms with Crippen molar-refractivity contribution in [3.8, 4) is 11.5 Å². The summed E-state index contributed by atoms with van der Waals surface area (Å²) in [5.74, 6) is -0.110. The van der Waals surface area contributed by atoms with E-state index in [-0.39, 0.29) is 29.0 Å². The highest BCUT2D eigenvalue weighted by molar-refractivity contribution is 6.16. The van der Waals surface area contributed by atoms with Gasteiger partial charge in [0.25, 0.3) is 5.91 Å². The molecule has 30 heavy (non-hydrogen) atoms. The first-order chi connectivity index (χ1) is 14.4. The number of rotatable bonds is 8. The molecule has 8 nitrogen and oxygen atoms in total. The molecule has 0 saturated heterocycles. The number of ether oxygens (including phenoxy) is 3. The number of methoxy groups -OCH3 is 3. The summed E-state index contributed by atoms with van der Waals surface area (Å²) in [4.78, 5) is 24.5. The lowest BCUT2D eigenvalue weighted by atomic mass is 10.0. The van der Waals surface area contributed by atoms with Crippen LogP contribution in [0.2, 0.25) is 0 Å². The van der Waals surface area contributed by atoms with Crippen LogP contribution in [0.1, 0.15) is 34.5 Å². The predicted octanol–water partition coefficient (Wildman–Crippen LogP) is 2.69. The number of amides is 1. The molecule has 0 aliphatic carbocycles. The highest BCUT2D eigenvalue weighted by Crippen LogP contribution is 2.26. The Balaban J connectivity index is 2.32. The fourth-order valence-corrected chi connectivity index (χ4v) is 2.85. The normalized spacial score (nSPS) is 12.3. The molecule has 158 valence electrons. The van der Waals surface area contributed by atoms with Crippen molar-refractivity contribution >= 4 is 23.7 Å². The maximum Gasteiger partial charge on any atom is 0.354 e. The van der Waals surface area contributed by atoms with Crippen LogP contribution in [-0.4, -0.2) is 39.4 Å². The highest BCUT2D eigenvalue weighted by Gasteiger charge is 2.19. The lowest BCUT2D eigenvalue weighted by Crippen LogP contribution is -2.27. The van der Waals surface area contributed by atoms with Gasteiger partial charge in [0.1, 0.15) is 17.2 Å². The summed E-state index contributed by atoms with van der Waals surface area (Å²) in [7, 11) is 4.21. The van der Waals surface area contributed by atoms with Crippen molar-refractivity contribution in [1.29, 1.82) is 5.41 Å². The number of nitrogens with two attached hydrogens (primary N) is 1. The molecule has 0 aliphatic rings. The Morgan fingerprint density at radius 2 is 1.83 bits per heavy atom. The van der Waals surface area contributed by atoms with Gasteiger partial charge in [-0.25, -0.2) is 4.79 Å². The quantitative estimate of drug-likeness (QED) is 0.349. The lowest BCUT2D eigenvalue weighted by Gasteiger charge is -2.17. The molecule has 2 aromatic rings. The molecular formula is C22H25N3O5. The van der Waals surface area contributed by atoms with E-state index in [0.717, 1.165) is 11.8 Å². The molecule has 0 bridgehead atoms. The summed E-state index contributed by atoms with van der Waals surface area (Å²) < 4.78 is 15.2. The molecule has 0 aliphatic heterocycles. The average molecular weight is 411 g/mol. The number of nitrogens with one attached hydrogen (secondary N) is 2. The number of carbonyl (C=O) groups is 2. The van der Waals surface area contributed by atoms with Crippen molar-refractivity contribution in [2.24, 2.45) is 5.73 Å². The second-order valence-corrected chi connectivity index (χ2v) is 6.35. The SMILES string of the molecule is COC(=O)C(N)=C(C=N)c1ccc(C(=O)N[C@H](C)c2cccc(OC)c2)c(OC)c1. The van der Waals surface area contributed by atoms with Crippen molar-refractivity contribution in [2.75, 3.05) is 21.3 Å². The van der Waals surface area contributed by atoms with E-state index in [9.17, 15) is 9.59 Å². The lowest BCUT2D eigenvalue weighted by molar-refractivity contribution is -0.136. The number of hydrogen-bond donors (Lipinski definition) is 3. The van der Waals surface area contributed by atoms with E-state index in [1.54, 1.807) is 25.3 Å². The van der Waals surface area contributed by atoms with Gasteiger partial charge in [-0.3, -0.25) is 4.79 Å². The van der Waals surface area contributed by atoms with Crippen LogP contribution in [0.5, 0.6) is 11.5 Å². The van der Waals surface area contributed by atoms with Gasteiger partial charge in [-0.05, 0) is 42.3 Å². The Morgan fingerprint density at radius 1 is 1.10 bits per heavy atom. The van der Waals surface area contributed by atoms with E-state index >= 15 is 0 Å². The molecular weight excluding hydrogens is 386 g/mol. The fraction of sp³-hybridized carbons (Fsp3) is 0.227. The van der Waals surface area contributed by atoms with Crippen LogP contribution in [0.15, 0.2) is 48.2 Å². The van der Waals surface area contributed by atoms with Gasteiger partial charge < -0.3 is 30.7 Å². The predicted molar refractivity (Wildman–Crippen MR) is 114 cm³/mol. The van der Waals surface area contributed by atoms with E-state index in [0.29, 0.717) is 16.9 Å². The topological polar surface area (TPSA) is 124 Å². The Kier molecular flexibility index (Phi) is 7.57. The molecule has 2 aromatic carbocycles. The smallest absolute Gasteiger partial charge is 0.354 e. The van der Waals surface area contributed by atoms with Gasteiger partial charge in [0.15, 0.2) is 0 Å². The van der Waals surface area contributed by atoms with Crippen molar-refractivity contribution in [1.82, 2.24) is 5.32 Å². The molecule has 0 saturated carbocycles. The first-order valence-electron chi connectivity index (χ1n) is 9.08. The second kappa shape index (κ2) is 10.1. The van der Waals surface area contributed by atoms with Crippen LogP contribution in [0.3, 0.4) is 0 Å². The van der Waals surface area contributed by atoms with Gasteiger partial charge in [0.05, 0.1) is 32.9 Å². The van der Waals surface area contributed by atoms with E-state index in [1.165, 1.54) is 14.2 Å². The molecule has 2 rings (SSSR count). The molecule has 0 unspecified atom stereocenters. The van der Waals surface area contributed by atoms with Crippen LogP contribution in [0.25, 0.3) is 5.57 Å². The molecule has 1 amide bonds. The molecule has 0 heterocycles. The Hall–Kier alpha value is -3.81. The summed E-state index contributed by atoms with van der Waals surface area (Å²) >= 11 is 0.